The van der Waals surface area contributed by atoms with E-state index in [0.717, 1.165) is 83.3 Å². The van der Waals surface area contributed by atoms with E-state index >= 15 is 0 Å². The number of anilines is 1. The van der Waals surface area contributed by atoms with Crippen LogP contribution in [0.25, 0.3) is 0 Å². The molecule has 2 unspecified atom stereocenters. The number of nitrogens with one attached hydrogen (secondary N) is 4. The van der Waals surface area contributed by atoms with Crippen LogP contribution in [0.4, 0.5) is 20.1 Å². The summed E-state index contributed by atoms with van der Waals surface area (Å²) in [4.78, 5) is 75.7. The van der Waals surface area contributed by atoms with Crippen molar-refractivity contribution in [3.8, 4) is 0 Å². The normalized spacial score (nSPS) is 13.3. The van der Waals surface area contributed by atoms with Crippen LogP contribution in [-0.4, -0.2) is 86.1 Å². The summed E-state index contributed by atoms with van der Waals surface area (Å²) >= 11 is 0. The van der Waals surface area contributed by atoms with E-state index in [1.807, 2.05) is 0 Å². The van der Waals surface area contributed by atoms with Crippen LogP contribution in [0.3, 0.4) is 0 Å². The molecule has 1 aromatic carbocycles. The Hall–Kier alpha value is -4.92. The summed E-state index contributed by atoms with van der Waals surface area (Å²) in [7, 11) is 1.54. The van der Waals surface area contributed by atoms with Gasteiger partial charge in [0.05, 0.1) is 6.04 Å². The number of hydrogen-bond acceptors (Lipinski definition) is 9. The quantitative estimate of drug-likeness (QED) is 0.0244. The molecule has 0 aromatic heterocycles. The SMILES string of the molecule is CCC=CCC=CCCCCCC(CCCCCCC)C(C=O)OC(=O)NCCN(C)C(=O)OCc1ccc(NC(=O)[C@H](CCCNC(N)=O)NC(=O)[C@@H](N)C(C)C)cc1. The van der Waals surface area contributed by atoms with E-state index in [-0.39, 0.29) is 44.5 Å². The van der Waals surface area contributed by atoms with Gasteiger partial charge in [-0.15, -0.1) is 0 Å². The van der Waals surface area contributed by atoms with Crippen LogP contribution in [0.1, 0.15) is 130 Å². The minimum atomic E-state index is -0.908. The fourth-order valence-corrected chi connectivity index (χ4v) is 6.23. The van der Waals surface area contributed by atoms with Crippen molar-refractivity contribution in [3.05, 3.63) is 54.1 Å². The monoisotopic (exact) mass is 842 g/mol. The van der Waals surface area contributed by atoms with E-state index < -0.39 is 48.2 Å². The number of amides is 6. The third-order valence-electron chi connectivity index (χ3n) is 10.0. The maximum Gasteiger partial charge on any atom is 0.409 e. The summed E-state index contributed by atoms with van der Waals surface area (Å²) < 4.78 is 11.0. The Balaban J connectivity index is 2.61. The fraction of sp³-hybridized carbons (Fsp3) is 0.644. The number of benzene rings is 1. The van der Waals surface area contributed by atoms with Gasteiger partial charge in [-0.3, -0.25) is 14.4 Å². The molecular formula is C45H75N7O8. The Bertz CT molecular complexity index is 1450. The molecule has 0 saturated carbocycles. The van der Waals surface area contributed by atoms with Gasteiger partial charge in [0.15, 0.2) is 12.4 Å². The Morgan fingerprint density at radius 2 is 1.47 bits per heavy atom. The topological polar surface area (TPSA) is 224 Å². The van der Waals surface area contributed by atoms with Crippen molar-refractivity contribution >= 4 is 42.0 Å². The number of rotatable bonds is 32. The molecule has 0 fully saturated rings. The lowest BCUT2D eigenvalue weighted by Crippen LogP contribution is -2.51. The standard InChI is InChI=1S/C45H75N7O8/c1-6-8-10-12-13-14-15-16-18-20-23-36(22-19-17-11-9-7-2)39(32-53)60-44(57)49-30-31-52(5)45(58)59-33-35-25-27-37(28-26-35)50-41(54)38(24-21-29-48-43(47)56)51-42(55)40(46)34(3)4/h8,10,13-14,25-28,32,34,36,38-40H,6-7,9,11-12,15-24,29-31,33,46H2,1-5H3,(H,49,57)(H,50,54)(H,51,55)(H3,47,48,56)/t36?,38-,39?,40-/m0/s1. The average molecular weight is 842 g/mol. The second kappa shape index (κ2) is 32.9. The van der Waals surface area contributed by atoms with Crippen molar-refractivity contribution in [2.45, 2.75) is 149 Å². The minimum absolute atomic E-state index is 0.0420. The maximum absolute atomic E-state index is 13.1. The number of hydrogen-bond donors (Lipinski definition) is 6. The molecule has 6 amide bonds. The number of likely N-dealkylation sites (N-methyl/N-ethyl adjacent to an activating group) is 1. The zero-order chi connectivity index (χ0) is 44.5. The highest BCUT2D eigenvalue weighted by atomic mass is 16.6. The van der Waals surface area contributed by atoms with Crippen LogP contribution in [0.2, 0.25) is 0 Å². The number of aldehydes is 1. The largest absolute Gasteiger partial charge is 0.445 e. The van der Waals surface area contributed by atoms with Gasteiger partial charge in [-0.1, -0.05) is 109 Å². The Morgan fingerprint density at radius 1 is 0.800 bits per heavy atom. The van der Waals surface area contributed by atoms with Crippen molar-refractivity contribution in [2.75, 3.05) is 32.0 Å². The summed E-state index contributed by atoms with van der Waals surface area (Å²) in [5, 5.41) is 10.6. The predicted octanol–water partition coefficient (Wildman–Crippen LogP) is 7.24. The highest BCUT2D eigenvalue weighted by molar-refractivity contribution is 5.97. The van der Waals surface area contributed by atoms with E-state index in [1.54, 1.807) is 45.2 Å². The molecule has 0 saturated heterocycles. The number of carbonyl (C=O) groups excluding carboxylic acids is 6. The lowest BCUT2D eigenvalue weighted by molar-refractivity contribution is -0.128. The van der Waals surface area contributed by atoms with Crippen molar-refractivity contribution < 1.29 is 38.2 Å². The molecule has 0 aliphatic carbocycles. The number of urea groups is 1. The van der Waals surface area contributed by atoms with Crippen molar-refractivity contribution in [1.29, 1.82) is 0 Å². The number of primary amides is 1. The zero-order valence-corrected chi connectivity index (χ0v) is 36.9. The first kappa shape index (κ1) is 53.1. The van der Waals surface area contributed by atoms with Crippen LogP contribution in [0, 0.1) is 11.8 Å². The molecular weight excluding hydrogens is 767 g/mol. The number of carbonyl (C=O) groups is 6. The van der Waals surface area contributed by atoms with E-state index in [0.29, 0.717) is 17.7 Å². The predicted molar refractivity (Wildman–Crippen MR) is 237 cm³/mol. The number of allylic oxidation sites excluding steroid dienone is 4. The molecule has 338 valence electrons. The lowest BCUT2D eigenvalue weighted by Gasteiger charge is -2.24. The summed E-state index contributed by atoms with van der Waals surface area (Å²) in [6, 6.07) is 4.27. The second-order valence-electron chi connectivity index (χ2n) is 15.5. The molecule has 15 nitrogen and oxygen atoms in total. The molecule has 8 N–H and O–H groups in total. The van der Waals surface area contributed by atoms with Crippen LogP contribution in [-0.2, 0) is 30.5 Å². The number of nitrogens with two attached hydrogens (primary N) is 2. The molecule has 1 rings (SSSR count). The smallest absolute Gasteiger partial charge is 0.409 e. The molecule has 0 radical (unpaired) electrons. The molecule has 0 aliphatic rings. The molecule has 0 bridgehead atoms. The number of unbranched alkanes of at least 4 members (excludes halogenated alkanes) is 7. The van der Waals surface area contributed by atoms with E-state index in [2.05, 4.69) is 59.4 Å². The number of ether oxygens (including phenoxy) is 2. The number of alkyl carbamates (subject to hydrolysis) is 1. The summed E-state index contributed by atoms with van der Waals surface area (Å²) in [5.41, 5.74) is 12.2. The maximum atomic E-state index is 13.1. The van der Waals surface area contributed by atoms with Crippen molar-refractivity contribution in [1.82, 2.24) is 20.9 Å². The molecule has 0 spiro atoms. The summed E-state index contributed by atoms with van der Waals surface area (Å²) in [5.74, 6) is -1.11. The van der Waals surface area contributed by atoms with Gasteiger partial charge < -0.3 is 47.1 Å². The summed E-state index contributed by atoms with van der Waals surface area (Å²) in [6.45, 7) is 8.34. The average Bonchev–Trinajstić information content (AvgIpc) is 3.22. The third-order valence-corrected chi connectivity index (χ3v) is 10.0. The molecule has 0 heterocycles. The van der Waals surface area contributed by atoms with Gasteiger partial charge in [-0.05, 0) is 75.0 Å². The van der Waals surface area contributed by atoms with E-state index in [1.165, 1.54) is 11.3 Å². The van der Waals surface area contributed by atoms with Gasteiger partial charge in [0, 0.05) is 38.3 Å². The first-order chi connectivity index (χ1) is 28.8. The van der Waals surface area contributed by atoms with Gasteiger partial charge in [-0.2, -0.15) is 0 Å². The highest BCUT2D eigenvalue weighted by Gasteiger charge is 2.26. The van der Waals surface area contributed by atoms with Gasteiger partial charge in [0.2, 0.25) is 11.8 Å². The van der Waals surface area contributed by atoms with Crippen molar-refractivity contribution in [2.24, 2.45) is 23.3 Å². The van der Waals surface area contributed by atoms with Crippen LogP contribution >= 0.6 is 0 Å². The minimum Gasteiger partial charge on any atom is -0.445 e. The van der Waals surface area contributed by atoms with Crippen LogP contribution in [0.15, 0.2) is 48.6 Å². The fourth-order valence-electron chi connectivity index (χ4n) is 6.23. The van der Waals surface area contributed by atoms with Gasteiger partial charge >= 0.3 is 18.2 Å². The van der Waals surface area contributed by atoms with Gasteiger partial charge in [0.25, 0.3) is 0 Å². The molecule has 60 heavy (non-hydrogen) atoms. The molecule has 4 atom stereocenters. The van der Waals surface area contributed by atoms with E-state index in [4.69, 9.17) is 20.9 Å². The Morgan fingerprint density at radius 3 is 2.10 bits per heavy atom. The molecule has 0 aliphatic heterocycles. The van der Waals surface area contributed by atoms with Crippen LogP contribution < -0.4 is 32.7 Å². The molecule has 1 aromatic rings. The lowest BCUT2D eigenvalue weighted by atomic mass is 9.90. The first-order valence-corrected chi connectivity index (χ1v) is 21.9. The van der Waals surface area contributed by atoms with Gasteiger partial charge in [-0.25, -0.2) is 14.4 Å². The first-order valence-electron chi connectivity index (χ1n) is 21.9. The summed E-state index contributed by atoms with van der Waals surface area (Å²) in [6.07, 6.45) is 21.3. The Labute approximate surface area is 358 Å². The van der Waals surface area contributed by atoms with E-state index in [9.17, 15) is 28.8 Å². The third kappa shape index (κ3) is 24.9. The van der Waals surface area contributed by atoms with Crippen molar-refractivity contribution in [3.63, 3.8) is 0 Å². The Kier molecular flexibility index (Phi) is 29.1. The second-order valence-corrected chi connectivity index (χ2v) is 15.5. The number of nitrogens with zero attached hydrogens (tertiary/aromatic N) is 1. The molecule has 15 heteroatoms. The van der Waals surface area contributed by atoms with Gasteiger partial charge in [0.1, 0.15) is 12.6 Å². The zero-order valence-electron chi connectivity index (χ0n) is 36.9. The highest BCUT2D eigenvalue weighted by Crippen LogP contribution is 2.23. The van der Waals surface area contributed by atoms with Crippen LogP contribution in [0.5, 0.6) is 0 Å².